The summed E-state index contributed by atoms with van der Waals surface area (Å²) in [6.07, 6.45) is 6.15. The van der Waals surface area contributed by atoms with Crippen LogP contribution in [0.15, 0.2) is 35.9 Å². The van der Waals surface area contributed by atoms with Crippen molar-refractivity contribution in [3.63, 3.8) is 0 Å². The smallest absolute Gasteiger partial charge is 0.223 e. The average molecular weight is 270 g/mol. The predicted molar refractivity (Wildman–Crippen MR) is 80.5 cm³/mol. The summed E-state index contributed by atoms with van der Waals surface area (Å²) in [5.74, 6) is 0.352. The second-order valence-electron chi connectivity index (χ2n) is 5.73. The largest absolute Gasteiger partial charge is 0.356 e. The monoisotopic (exact) mass is 270 g/mol. The van der Waals surface area contributed by atoms with Gasteiger partial charge < -0.3 is 10.6 Å². The van der Waals surface area contributed by atoms with Gasteiger partial charge in [-0.15, -0.1) is 0 Å². The van der Waals surface area contributed by atoms with Gasteiger partial charge in [-0.05, 0) is 43.4 Å². The summed E-state index contributed by atoms with van der Waals surface area (Å²) in [5.41, 5.74) is 4.15. The van der Waals surface area contributed by atoms with E-state index in [0.717, 1.165) is 45.3 Å². The third-order valence-electron chi connectivity index (χ3n) is 4.33. The lowest BCUT2D eigenvalue weighted by atomic mass is 10.0. The van der Waals surface area contributed by atoms with Crippen molar-refractivity contribution in [1.82, 2.24) is 10.6 Å². The fourth-order valence-corrected chi connectivity index (χ4v) is 3.13. The van der Waals surface area contributed by atoms with Gasteiger partial charge in [0.1, 0.15) is 0 Å². The molecule has 0 bridgehead atoms. The van der Waals surface area contributed by atoms with Crippen LogP contribution in [0.25, 0.3) is 0 Å². The van der Waals surface area contributed by atoms with Crippen molar-refractivity contribution in [1.29, 1.82) is 0 Å². The lowest BCUT2D eigenvalue weighted by molar-refractivity contribution is -0.124. The maximum Gasteiger partial charge on any atom is 0.223 e. The number of hydrogen-bond donors (Lipinski definition) is 2. The number of amides is 1. The Bertz CT molecular complexity index is 496. The molecule has 0 fully saturated rings. The Morgan fingerprint density at radius 1 is 1.25 bits per heavy atom. The third kappa shape index (κ3) is 3.10. The summed E-state index contributed by atoms with van der Waals surface area (Å²) in [7, 11) is 0. The molecule has 1 heterocycles. The molecule has 1 aromatic carbocycles. The van der Waals surface area contributed by atoms with E-state index in [1.54, 1.807) is 0 Å². The van der Waals surface area contributed by atoms with Crippen LogP contribution in [0.4, 0.5) is 0 Å². The number of nitrogens with one attached hydrogen (secondary N) is 2. The van der Waals surface area contributed by atoms with Crippen LogP contribution in [0, 0.1) is 5.92 Å². The summed E-state index contributed by atoms with van der Waals surface area (Å²) >= 11 is 0. The molecule has 0 spiro atoms. The van der Waals surface area contributed by atoms with Crippen molar-refractivity contribution in [2.45, 2.75) is 25.7 Å². The fourth-order valence-electron chi connectivity index (χ4n) is 3.13. The van der Waals surface area contributed by atoms with Crippen molar-refractivity contribution in [3.05, 3.63) is 47.0 Å². The van der Waals surface area contributed by atoms with E-state index in [-0.39, 0.29) is 11.8 Å². The maximum absolute atomic E-state index is 12.2. The van der Waals surface area contributed by atoms with Gasteiger partial charge in [0.25, 0.3) is 0 Å². The Morgan fingerprint density at radius 2 is 2.00 bits per heavy atom. The first-order chi connectivity index (χ1) is 9.83. The van der Waals surface area contributed by atoms with E-state index < -0.39 is 0 Å². The van der Waals surface area contributed by atoms with Crippen LogP contribution in [0.2, 0.25) is 0 Å². The van der Waals surface area contributed by atoms with Crippen LogP contribution in [0.3, 0.4) is 0 Å². The van der Waals surface area contributed by atoms with Crippen molar-refractivity contribution in [2.24, 2.45) is 5.92 Å². The predicted octanol–water partition coefficient (Wildman–Crippen LogP) is 1.83. The van der Waals surface area contributed by atoms with Crippen LogP contribution in [0.1, 0.15) is 24.0 Å². The van der Waals surface area contributed by atoms with Crippen molar-refractivity contribution in [2.75, 3.05) is 19.6 Å². The number of carbonyl (C=O) groups excluding carboxylic acids is 1. The fraction of sp³-hybridized carbons (Fsp3) is 0.471. The van der Waals surface area contributed by atoms with E-state index in [2.05, 4.69) is 41.0 Å². The van der Waals surface area contributed by atoms with Crippen LogP contribution < -0.4 is 10.6 Å². The first-order valence-corrected chi connectivity index (χ1v) is 7.56. The molecule has 1 aliphatic carbocycles. The highest BCUT2D eigenvalue weighted by atomic mass is 16.1. The minimum absolute atomic E-state index is 0.134. The molecule has 0 aromatic heterocycles. The molecule has 3 rings (SSSR count). The van der Waals surface area contributed by atoms with Gasteiger partial charge in [0.2, 0.25) is 5.91 Å². The van der Waals surface area contributed by atoms with E-state index in [9.17, 15) is 4.79 Å². The van der Waals surface area contributed by atoms with Gasteiger partial charge >= 0.3 is 0 Å². The lowest BCUT2D eigenvalue weighted by Crippen LogP contribution is -2.32. The Kier molecular flexibility index (Phi) is 4.16. The first-order valence-electron chi connectivity index (χ1n) is 7.56. The molecular formula is C17H22N2O. The molecule has 0 saturated heterocycles. The minimum Gasteiger partial charge on any atom is -0.356 e. The second kappa shape index (κ2) is 6.23. The SMILES string of the molecule is O=C(NCCC1=CCNCC1)C1Cc2ccccc2C1. The van der Waals surface area contributed by atoms with Crippen LogP contribution in [-0.2, 0) is 17.6 Å². The zero-order chi connectivity index (χ0) is 13.8. The van der Waals surface area contributed by atoms with Gasteiger partial charge in [-0.3, -0.25) is 4.79 Å². The van der Waals surface area contributed by atoms with Crippen LogP contribution >= 0.6 is 0 Å². The number of carbonyl (C=O) groups is 1. The standard InChI is InChI=1S/C17H22N2O/c20-17(19-10-7-13-5-8-18-9-6-13)16-11-14-3-1-2-4-15(14)12-16/h1-5,16,18H,6-12H2,(H,19,20). The van der Waals surface area contributed by atoms with E-state index in [4.69, 9.17) is 0 Å². The summed E-state index contributed by atoms with van der Waals surface area (Å²) in [4.78, 5) is 12.2. The van der Waals surface area contributed by atoms with Gasteiger partial charge in [-0.25, -0.2) is 0 Å². The van der Waals surface area contributed by atoms with Crippen molar-refractivity contribution >= 4 is 5.91 Å². The summed E-state index contributed by atoms with van der Waals surface area (Å²) in [5, 5.41) is 6.41. The highest BCUT2D eigenvalue weighted by Crippen LogP contribution is 2.26. The Morgan fingerprint density at radius 3 is 2.65 bits per heavy atom. The van der Waals surface area contributed by atoms with Gasteiger partial charge in [-0.2, -0.15) is 0 Å². The van der Waals surface area contributed by atoms with Crippen molar-refractivity contribution in [3.8, 4) is 0 Å². The molecule has 3 nitrogen and oxygen atoms in total. The topological polar surface area (TPSA) is 41.1 Å². The van der Waals surface area contributed by atoms with E-state index in [1.807, 2.05) is 0 Å². The Balaban J connectivity index is 1.45. The molecule has 106 valence electrons. The lowest BCUT2D eigenvalue weighted by Gasteiger charge is -2.15. The normalized spacial score (nSPS) is 18.5. The summed E-state index contributed by atoms with van der Waals surface area (Å²) in [6.45, 7) is 2.82. The summed E-state index contributed by atoms with van der Waals surface area (Å²) in [6, 6.07) is 8.40. The Hall–Kier alpha value is -1.61. The molecule has 20 heavy (non-hydrogen) atoms. The van der Waals surface area contributed by atoms with E-state index in [0.29, 0.717) is 0 Å². The van der Waals surface area contributed by atoms with Crippen LogP contribution in [-0.4, -0.2) is 25.5 Å². The highest BCUT2D eigenvalue weighted by molar-refractivity contribution is 5.80. The quantitative estimate of drug-likeness (QED) is 0.820. The maximum atomic E-state index is 12.2. The molecule has 0 unspecified atom stereocenters. The molecule has 0 radical (unpaired) electrons. The summed E-state index contributed by atoms with van der Waals surface area (Å²) < 4.78 is 0. The zero-order valence-electron chi connectivity index (χ0n) is 11.8. The molecule has 0 saturated carbocycles. The second-order valence-corrected chi connectivity index (χ2v) is 5.73. The van der Waals surface area contributed by atoms with E-state index in [1.165, 1.54) is 16.7 Å². The van der Waals surface area contributed by atoms with Gasteiger partial charge in [0.15, 0.2) is 0 Å². The molecule has 3 heteroatoms. The molecular weight excluding hydrogens is 248 g/mol. The minimum atomic E-state index is 0.134. The number of fused-ring (bicyclic) bond motifs is 1. The van der Waals surface area contributed by atoms with Crippen molar-refractivity contribution < 1.29 is 4.79 Å². The molecule has 2 aliphatic rings. The molecule has 1 amide bonds. The van der Waals surface area contributed by atoms with Gasteiger partial charge in [-0.1, -0.05) is 35.9 Å². The molecule has 0 atom stereocenters. The van der Waals surface area contributed by atoms with Crippen LogP contribution in [0.5, 0.6) is 0 Å². The number of hydrogen-bond acceptors (Lipinski definition) is 2. The third-order valence-corrected chi connectivity index (χ3v) is 4.33. The number of rotatable bonds is 4. The van der Waals surface area contributed by atoms with E-state index >= 15 is 0 Å². The number of benzene rings is 1. The highest BCUT2D eigenvalue weighted by Gasteiger charge is 2.26. The molecule has 1 aromatic rings. The Labute approximate surface area is 120 Å². The zero-order valence-corrected chi connectivity index (χ0v) is 11.8. The van der Waals surface area contributed by atoms with Gasteiger partial charge in [0, 0.05) is 19.0 Å². The van der Waals surface area contributed by atoms with Gasteiger partial charge in [0.05, 0.1) is 0 Å². The first kappa shape index (κ1) is 13.4. The average Bonchev–Trinajstić information content (AvgIpc) is 2.92. The molecule has 1 aliphatic heterocycles. The molecule has 2 N–H and O–H groups in total.